The van der Waals surface area contributed by atoms with E-state index in [1.807, 2.05) is 28.7 Å². The summed E-state index contributed by atoms with van der Waals surface area (Å²) in [5.74, 6) is 0.948. The van der Waals surface area contributed by atoms with Crippen LogP contribution in [0.15, 0.2) is 11.8 Å². The molecular weight excluding hydrogens is 535 g/mol. The summed E-state index contributed by atoms with van der Waals surface area (Å²) in [6.45, 7) is 10.1. The summed E-state index contributed by atoms with van der Waals surface area (Å²) in [5.41, 5.74) is 2.13. The number of terminal acetylenes is 1. The lowest BCUT2D eigenvalue weighted by Gasteiger charge is -2.43. The van der Waals surface area contributed by atoms with E-state index in [4.69, 9.17) is 30.1 Å². The fourth-order valence-corrected chi connectivity index (χ4v) is 4.50. The van der Waals surface area contributed by atoms with E-state index in [2.05, 4.69) is 31.3 Å². The zero-order valence-electron chi connectivity index (χ0n) is 18.8. The smallest absolute Gasteiger partial charge is 0.303 e. The molecule has 1 aliphatic rings. The SMILES string of the molecule is C#CC[C@@H](/C=C/[Si](C)(C)C)O[C@H]1O[C@H](COC(C)=O)[C@@H](OC(C)=O)[C@H](OC(C)=O)[C@@H]1I. The van der Waals surface area contributed by atoms with Gasteiger partial charge in [-0.3, -0.25) is 14.4 Å². The Hall–Kier alpha value is -1.42. The predicted octanol–water partition coefficient (Wildman–Crippen LogP) is 2.78. The molecule has 0 unspecified atom stereocenters. The Morgan fingerprint density at radius 3 is 2.16 bits per heavy atom. The zero-order valence-corrected chi connectivity index (χ0v) is 21.9. The molecule has 1 saturated heterocycles. The number of ether oxygens (including phenoxy) is 5. The molecule has 174 valence electrons. The maximum atomic E-state index is 11.7. The Bertz CT molecular complexity index is 711. The lowest BCUT2D eigenvalue weighted by molar-refractivity contribution is -0.265. The fourth-order valence-electron chi connectivity index (χ4n) is 2.82. The van der Waals surface area contributed by atoms with Crippen LogP contribution in [0.5, 0.6) is 0 Å². The normalized spacial score (nSPS) is 27.2. The molecule has 0 N–H and O–H groups in total. The van der Waals surface area contributed by atoms with Gasteiger partial charge in [-0.1, -0.05) is 54.0 Å². The highest BCUT2D eigenvalue weighted by Crippen LogP contribution is 2.33. The van der Waals surface area contributed by atoms with Crippen LogP contribution < -0.4 is 0 Å². The lowest BCUT2D eigenvalue weighted by atomic mass is 10.0. The van der Waals surface area contributed by atoms with Gasteiger partial charge in [0.2, 0.25) is 0 Å². The van der Waals surface area contributed by atoms with Gasteiger partial charge in [-0.25, -0.2) is 0 Å². The van der Waals surface area contributed by atoms with Crippen LogP contribution in [0.2, 0.25) is 19.6 Å². The number of hydrogen-bond acceptors (Lipinski definition) is 8. The Morgan fingerprint density at radius 2 is 1.68 bits per heavy atom. The van der Waals surface area contributed by atoms with Gasteiger partial charge in [-0.2, -0.15) is 0 Å². The van der Waals surface area contributed by atoms with Crippen LogP contribution in [-0.2, 0) is 38.1 Å². The van der Waals surface area contributed by atoms with Crippen molar-refractivity contribution in [2.45, 2.75) is 81.5 Å². The van der Waals surface area contributed by atoms with Crippen molar-refractivity contribution in [1.82, 2.24) is 0 Å². The molecule has 0 spiro atoms. The second-order valence-electron chi connectivity index (χ2n) is 8.25. The van der Waals surface area contributed by atoms with Gasteiger partial charge < -0.3 is 23.7 Å². The van der Waals surface area contributed by atoms with Crippen LogP contribution in [0.25, 0.3) is 0 Å². The topological polar surface area (TPSA) is 97.4 Å². The molecular formula is C21H31IO8Si. The minimum Gasteiger partial charge on any atom is -0.463 e. The van der Waals surface area contributed by atoms with E-state index in [9.17, 15) is 14.4 Å². The van der Waals surface area contributed by atoms with E-state index in [0.29, 0.717) is 6.42 Å². The molecule has 0 aliphatic carbocycles. The number of hydrogen-bond donors (Lipinski definition) is 0. The van der Waals surface area contributed by atoms with E-state index in [0.717, 1.165) is 0 Å². The van der Waals surface area contributed by atoms with E-state index < -0.39 is 60.6 Å². The summed E-state index contributed by atoms with van der Waals surface area (Å²) < 4.78 is 27.6. The van der Waals surface area contributed by atoms with Crippen LogP contribution >= 0.6 is 22.6 Å². The third kappa shape index (κ3) is 10.2. The third-order valence-corrected chi connectivity index (χ3v) is 6.56. The first kappa shape index (κ1) is 27.6. The third-order valence-electron chi connectivity index (χ3n) is 4.07. The van der Waals surface area contributed by atoms with Crippen molar-refractivity contribution in [3.63, 3.8) is 0 Å². The summed E-state index contributed by atoms with van der Waals surface area (Å²) in [7, 11) is -1.49. The molecule has 6 atom stereocenters. The summed E-state index contributed by atoms with van der Waals surface area (Å²) in [6.07, 6.45) is 3.77. The van der Waals surface area contributed by atoms with Crippen molar-refractivity contribution < 1.29 is 38.1 Å². The van der Waals surface area contributed by atoms with Crippen molar-refractivity contribution in [3.8, 4) is 12.3 Å². The van der Waals surface area contributed by atoms with Crippen molar-refractivity contribution in [2.24, 2.45) is 0 Å². The number of halogens is 1. The predicted molar refractivity (Wildman–Crippen MR) is 125 cm³/mol. The highest BCUT2D eigenvalue weighted by Gasteiger charge is 2.50. The highest BCUT2D eigenvalue weighted by molar-refractivity contribution is 14.1. The number of rotatable bonds is 9. The average molecular weight is 566 g/mol. The molecule has 1 heterocycles. The molecule has 10 heteroatoms. The second-order valence-corrected chi connectivity index (χ2v) is 14.7. The standard InChI is InChI=1S/C21H31IO8Si/c1-8-9-16(10-11-31(5,6)7)29-21-18(22)20(28-15(4)25)19(27-14(3)24)17(30-21)12-26-13(2)23/h1,10-11,16-21H,9,12H2,2-7H3/b11-10+/t16-,17+,18-,19+,20+,21-/m0/s1. The van der Waals surface area contributed by atoms with Gasteiger partial charge in [0.25, 0.3) is 0 Å². The maximum absolute atomic E-state index is 11.7. The second kappa shape index (κ2) is 12.6. The Balaban J connectivity index is 3.19. The summed E-state index contributed by atoms with van der Waals surface area (Å²) in [4.78, 5) is 34.7. The average Bonchev–Trinajstić information content (AvgIpc) is 2.62. The monoisotopic (exact) mass is 566 g/mol. The molecule has 0 bridgehead atoms. The molecule has 1 rings (SSSR count). The zero-order chi connectivity index (χ0) is 23.8. The Labute approximate surface area is 198 Å². The minimum absolute atomic E-state index is 0.196. The van der Waals surface area contributed by atoms with Crippen molar-refractivity contribution >= 4 is 48.6 Å². The first-order valence-corrected chi connectivity index (χ1v) is 14.7. The van der Waals surface area contributed by atoms with Crippen LogP contribution in [-0.4, -0.2) is 67.2 Å². The molecule has 8 nitrogen and oxygen atoms in total. The van der Waals surface area contributed by atoms with Gasteiger partial charge >= 0.3 is 17.9 Å². The summed E-state index contributed by atoms with van der Waals surface area (Å²) in [5, 5.41) is 0. The molecule has 1 fully saturated rings. The molecule has 1 aliphatic heterocycles. The van der Waals surface area contributed by atoms with E-state index in [1.165, 1.54) is 20.8 Å². The van der Waals surface area contributed by atoms with Gasteiger partial charge in [-0.05, 0) is 0 Å². The van der Waals surface area contributed by atoms with Crippen LogP contribution in [0.3, 0.4) is 0 Å². The first-order chi connectivity index (χ1) is 14.3. The number of alkyl halides is 1. The lowest BCUT2D eigenvalue weighted by Crippen LogP contribution is -2.60. The van der Waals surface area contributed by atoms with Crippen molar-refractivity contribution in [1.29, 1.82) is 0 Å². The largest absolute Gasteiger partial charge is 0.463 e. The van der Waals surface area contributed by atoms with E-state index in [-0.39, 0.29) is 6.61 Å². The van der Waals surface area contributed by atoms with Gasteiger partial charge in [-0.15, -0.1) is 12.3 Å². The summed E-state index contributed by atoms with van der Waals surface area (Å²) >= 11 is 2.04. The molecule has 0 aromatic rings. The van der Waals surface area contributed by atoms with Gasteiger partial charge in [0.1, 0.15) is 16.6 Å². The first-order valence-electron chi connectivity index (χ1n) is 9.89. The molecule has 0 radical (unpaired) electrons. The maximum Gasteiger partial charge on any atom is 0.303 e. The van der Waals surface area contributed by atoms with Crippen LogP contribution in [0, 0.1) is 12.3 Å². The number of carbonyl (C=O) groups is 3. The minimum atomic E-state index is -1.49. The fraction of sp³-hybridized carbons (Fsp3) is 0.667. The van der Waals surface area contributed by atoms with E-state index >= 15 is 0 Å². The van der Waals surface area contributed by atoms with Gasteiger partial charge in [0, 0.05) is 27.2 Å². The quantitative estimate of drug-likeness (QED) is 0.105. The van der Waals surface area contributed by atoms with Gasteiger partial charge in [0.15, 0.2) is 18.5 Å². The van der Waals surface area contributed by atoms with Gasteiger partial charge in [0.05, 0.1) is 14.2 Å². The molecule has 0 amide bonds. The van der Waals surface area contributed by atoms with Crippen LogP contribution in [0.1, 0.15) is 27.2 Å². The molecule has 0 aromatic carbocycles. The number of carbonyl (C=O) groups excluding carboxylic acids is 3. The summed E-state index contributed by atoms with van der Waals surface area (Å²) in [6, 6.07) is 0. The molecule has 0 aromatic heterocycles. The molecule has 31 heavy (non-hydrogen) atoms. The highest BCUT2D eigenvalue weighted by atomic mass is 127. The molecule has 0 saturated carbocycles. The number of esters is 3. The van der Waals surface area contributed by atoms with E-state index in [1.54, 1.807) is 0 Å². The van der Waals surface area contributed by atoms with Crippen LogP contribution in [0.4, 0.5) is 0 Å². The van der Waals surface area contributed by atoms with Crippen molar-refractivity contribution in [2.75, 3.05) is 6.61 Å². The Kier molecular flexibility index (Phi) is 11.2. The Morgan fingerprint density at radius 1 is 1.10 bits per heavy atom. The van der Waals surface area contributed by atoms with Crippen molar-refractivity contribution in [3.05, 3.63) is 11.8 Å².